The first kappa shape index (κ1) is 24.8. The van der Waals surface area contributed by atoms with Gasteiger partial charge >= 0.3 is 12.4 Å². The number of aliphatic hydroxyl groups is 1. The SMILES string of the molecule is O=C(Nc1cccc(-c2cnco2)c1)C(O)(CC1(c2ccccc2C(F)(F)F)CCC1)C(F)(F)F. The first-order valence-corrected chi connectivity index (χ1v) is 10.6. The molecule has 0 radical (unpaired) electrons. The molecule has 2 N–H and O–H groups in total. The molecule has 4 rings (SSSR count). The maximum atomic E-state index is 14.1. The van der Waals surface area contributed by atoms with Gasteiger partial charge in [0.1, 0.15) is 0 Å². The van der Waals surface area contributed by atoms with Crippen molar-refractivity contribution in [3.8, 4) is 11.3 Å². The molecule has 186 valence electrons. The molecule has 1 atom stereocenters. The van der Waals surface area contributed by atoms with E-state index in [1.807, 2.05) is 0 Å². The zero-order valence-electron chi connectivity index (χ0n) is 18.1. The van der Waals surface area contributed by atoms with E-state index in [9.17, 15) is 36.2 Å². The lowest BCUT2D eigenvalue weighted by molar-refractivity contribution is -0.257. The molecule has 1 unspecified atom stereocenters. The van der Waals surface area contributed by atoms with Crippen LogP contribution in [0.3, 0.4) is 0 Å². The average molecular weight is 498 g/mol. The minimum Gasteiger partial charge on any atom is -0.444 e. The molecule has 0 spiro atoms. The van der Waals surface area contributed by atoms with Crippen molar-refractivity contribution >= 4 is 11.6 Å². The fourth-order valence-corrected chi connectivity index (χ4v) is 4.48. The normalized spacial score (nSPS) is 17.3. The number of alkyl halides is 6. The number of oxazole rings is 1. The summed E-state index contributed by atoms with van der Waals surface area (Å²) in [6.07, 6.45) is -8.69. The molecule has 11 heteroatoms. The lowest BCUT2D eigenvalue weighted by Gasteiger charge is -2.47. The second-order valence-corrected chi connectivity index (χ2v) is 8.61. The van der Waals surface area contributed by atoms with E-state index in [2.05, 4.69) is 10.3 Å². The van der Waals surface area contributed by atoms with Gasteiger partial charge in [-0.25, -0.2) is 4.98 Å². The maximum absolute atomic E-state index is 14.1. The van der Waals surface area contributed by atoms with Crippen molar-refractivity contribution in [3.63, 3.8) is 0 Å². The molecular formula is C24H20F6N2O3. The van der Waals surface area contributed by atoms with Gasteiger partial charge in [0.25, 0.3) is 5.91 Å². The van der Waals surface area contributed by atoms with Gasteiger partial charge in [-0.05, 0) is 42.0 Å². The number of aromatic nitrogens is 1. The number of rotatable bonds is 6. The van der Waals surface area contributed by atoms with E-state index in [-0.39, 0.29) is 24.1 Å². The largest absolute Gasteiger partial charge is 0.444 e. The standard InChI is InChI=1S/C24H20F6N2O3/c25-23(26,27)18-8-2-1-7-17(18)21(9-4-10-21)13-22(34,24(28,29)30)20(33)32-16-6-3-5-15(11-16)19-12-31-14-35-19/h1-3,5-8,11-12,14,34H,4,9-10,13H2,(H,32,33). The lowest BCUT2D eigenvalue weighted by Crippen LogP contribution is -2.59. The summed E-state index contributed by atoms with van der Waals surface area (Å²) in [6.45, 7) is 0. The van der Waals surface area contributed by atoms with Crippen LogP contribution in [0.1, 0.15) is 36.8 Å². The van der Waals surface area contributed by atoms with Gasteiger partial charge in [0, 0.05) is 17.7 Å². The molecule has 0 bridgehead atoms. The number of halogens is 6. The van der Waals surface area contributed by atoms with E-state index >= 15 is 0 Å². The van der Waals surface area contributed by atoms with Crippen LogP contribution in [0.25, 0.3) is 11.3 Å². The van der Waals surface area contributed by atoms with E-state index in [1.165, 1.54) is 30.5 Å². The van der Waals surface area contributed by atoms with E-state index < -0.39 is 41.3 Å². The predicted molar refractivity (Wildman–Crippen MR) is 113 cm³/mol. The zero-order valence-corrected chi connectivity index (χ0v) is 18.1. The van der Waals surface area contributed by atoms with Crippen molar-refractivity contribution in [2.75, 3.05) is 5.32 Å². The molecule has 2 aromatic carbocycles. The first-order valence-electron chi connectivity index (χ1n) is 10.6. The van der Waals surface area contributed by atoms with Gasteiger partial charge in [-0.15, -0.1) is 0 Å². The third kappa shape index (κ3) is 4.64. The summed E-state index contributed by atoms with van der Waals surface area (Å²) in [5, 5.41) is 12.8. The second kappa shape index (κ2) is 8.71. The number of nitrogens with one attached hydrogen (secondary N) is 1. The number of benzene rings is 2. The molecule has 3 aromatic rings. The van der Waals surface area contributed by atoms with Crippen LogP contribution in [0, 0.1) is 0 Å². The molecule has 1 heterocycles. The van der Waals surface area contributed by atoms with Crippen LogP contribution in [0.2, 0.25) is 0 Å². The Kier molecular flexibility index (Phi) is 6.16. The van der Waals surface area contributed by atoms with Gasteiger partial charge < -0.3 is 14.8 Å². The molecule has 0 aliphatic heterocycles. The third-order valence-electron chi connectivity index (χ3n) is 6.39. The van der Waals surface area contributed by atoms with Crippen molar-refractivity contribution in [1.82, 2.24) is 4.98 Å². The summed E-state index contributed by atoms with van der Waals surface area (Å²) in [5.41, 5.74) is -6.70. The van der Waals surface area contributed by atoms with Crippen LogP contribution < -0.4 is 5.32 Å². The highest BCUT2D eigenvalue weighted by Gasteiger charge is 2.64. The molecule has 1 aliphatic carbocycles. The summed E-state index contributed by atoms with van der Waals surface area (Å²) < 4.78 is 88.5. The Balaban J connectivity index is 1.68. The predicted octanol–water partition coefficient (Wildman–Crippen LogP) is 6.10. The fraction of sp³-hybridized carbons (Fsp3) is 0.333. The van der Waals surface area contributed by atoms with Crippen LogP contribution in [0.5, 0.6) is 0 Å². The number of carbonyl (C=O) groups is 1. The van der Waals surface area contributed by atoms with Crippen LogP contribution in [-0.2, 0) is 16.4 Å². The Morgan fingerprint density at radius 3 is 2.34 bits per heavy atom. The van der Waals surface area contributed by atoms with Gasteiger partial charge in [-0.3, -0.25) is 4.79 Å². The van der Waals surface area contributed by atoms with Crippen LogP contribution in [0.4, 0.5) is 32.0 Å². The highest BCUT2D eigenvalue weighted by Crippen LogP contribution is 2.54. The monoisotopic (exact) mass is 498 g/mol. The van der Waals surface area contributed by atoms with E-state index in [1.54, 1.807) is 6.07 Å². The second-order valence-electron chi connectivity index (χ2n) is 8.61. The molecule has 1 amide bonds. The summed E-state index contributed by atoms with van der Waals surface area (Å²) in [7, 11) is 0. The molecule has 1 saturated carbocycles. The zero-order chi connectivity index (χ0) is 25.5. The number of hydrogen-bond acceptors (Lipinski definition) is 4. The minimum absolute atomic E-state index is 0.0350. The fourth-order valence-electron chi connectivity index (χ4n) is 4.48. The Morgan fingerprint density at radius 1 is 1.06 bits per heavy atom. The number of carbonyl (C=O) groups excluding carboxylic acids is 1. The number of nitrogens with zero attached hydrogens (tertiary/aromatic N) is 1. The van der Waals surface area contributed by atoms with Crippen LogP contribution >= 0.6 is 0 Å². The molecular weight excluding hydrogens is 478 g/mol. The van der Waals surface area contributed by atoms with Gasteiger partial charge in [0.15, 0.2) is 12.2 Å². The first-order chi connectivity index (χ1) is 16.4. The lowest BCUT2D eigenvalue weighted by atomic mass is 9.58. The number of amides is 1. The number of hydrogen-bond donors (Lipinski definition) is 2. The van der Waals surface area contributed by atoms with E-state index in [4.69, 9.17) is 4.42 Å². The quantitative estimate of drug-likeness (QED) is 0.403. The van der Waals surface area contributed by atoms with Crippen LogP contribution in [-0.4, -0.2) is 27.8 Å². The highest BCUT2D eigenvalue weighted by atomic mass is 19.4. The average Bonchev–Trinajstić information content (AvgIpc) is 3.30. The van der Waals surface area contributed by atoms with Crippen molar-refractivity contribution in [3.05, 3.63) is 72.2 Å². The Morgan fingerprint density at radius 2 is 1.77 bits per heavy atom. The molecule has 1 aromatic heterocycles. The van der Waals surface area contributed by atoms with Gasteiger partial charge in [0.2, 0.25) is 5.60 Å². The van der Waals surface area contributed by atoms with Gasteiger partial charge in [-0.1, -0.05) is 36.8 Å². The summed E-state index contributed by atoms with van der Waals surface area (Å²) in [5.74, 6) is -1.49. The molecule has 35 heavy (non-hydrogen) atoms. The summed E-state index contributed by atoms with van der Waals surface area (Å²) >= 11 is 0. The molecule has 0 saturated heterocycles. The van der Waals surface area contributed by atoms with Gasteiger partial charge in [-0.2, -0.15) is 26.3 Å². The Bertz CT molecular complexity index is 1200. The smallest absolute Gasteiger partial charge is 0.426 e. The number of anilines is 1. The molecule has 5 nitrogen and oxygen atoms in total. The minimum atomic E-state index is -5.45. The summed E-state index contributed by atoms with van der Waals surface area (Å²) in [6, 6.07) is 10.0. The Hall–Kier alpha value is -3.34. The maximum Gasteiger partial charge on any atom is 0.426 e. The van der Waals surface area contributed by atoms with Crippen LogP contribution in [0.15, 0.2) is 65.5 Å². The van der Waals surface area contributed by atoms with Crippen molar-refractivity contribution < 1.29 is 40.7 Å². The third-order valence-corrected chi connectivity index (χ3v) is 6.39. The molecule has 1 aliphatic rings. The highest BCUT2D eigenvalue weighted by molar-refractivity contribution is 5.98. The summed E-state index contributed by atoms with van der Waals surface area (Å²) in [4.78, 5) is 16.6. The van der Waals surface area contributed by atoms with E-state index in [0.717, 1.165) is 24.6 Å². The van der Waals surface area contributed by atoms with Crippen molar-refractivity contribution in [1.29, 1.82) is 0 Å². The van der Waals surface area contributed by atoms with Crippen molar-refractivity contribution in [2.24, 2.45) is 0 Å². The van der Waals surface area contributed by atoms with Crippen molar-refractivity contribution in [2.45, 2.75) is 49.1 Å². The Labute approximate surface area is 195 Å². The van der Waals surface area contributed by atoms with E-state index in [0.29, 0.717) is 17.7 Å². The molecule has 1 fully saturated rings. The van der Waals surface area contributed by atoms with Gasteiger partial charge in [0.05, 0.1) is 11.8 Å². The topological polar surface area (TPSA) is 75.4 Å².